The van der Waals surface area contributed by atoms with Crippen molar-refractivity contribution in [2.24, 2.45) is 17.8 Å². The first-order chi connectivity index (χ1) is 8.31. The second-order valence-electron chi connectivity index (χ2n) is 6.52. The van der Waals surface area contributed by atoms with Gasteiger partial charge in [0.15, 0.2) is 0 Å². The summed E-state index contributed by atoms with van der Waals surface area (Å²) in [6.45, 7) is 1.04. The summed E-state index contributed by atoms with van der Waals surface area (Å²) < 4.78 is 0. The lowest BCUT2D eigenvalue weighted by Crippen LogP contribution is -2.58. The number of nitrogens with zero attached hydrogens (tertiary/aromatic N) is 1. The highest BCUT2D eigenvalue weighted by Crippen LogP contribution is 2.55. The molecule has 4 fully saturated rings. The van der Waals surface area contributed by atoms with Gasteiger partial charge in [0.25, 0.3) is 0 Å². The normalized spacial score (nSPS) is 43.2. The zero-order valence-electron chi connectivity index (χ0n) is 10.2. The first kappa shape index (κ1) is 10.5. The average molecular weight is 248 g/mol. The Morgan fingerprint density at radius 3 is 2.35 bits per heavy atom. The molecule has 3 heteroatoms. The van der Waals surface area contributed by atoms with Crippen molar-refractivity contribution < 1.29 is 0 Å². The Bertz CT molecular complexity index is 363. The predicted octanol–water partition coefficient (Wildman–Crippen LogP) is 3.20. The van der Waals surface area contributed by atoms with E-state index < -0.39 is 0 Å². The summed E-state index contributed by atoms with van der Waals surface area (Å²) in [5.74, 6) is 3.11. The third-order valence-electron chi connectivity index (χ3n) is 5.16. The van der Waals surface area contributed by atoms with Gasteiger partial charge in [-0.2, -0.15) is 0 Å². The van der Waals surface area contributed by atoms with Gasteiger partial charge >= 0.3 is 0 Å². The molecule has 2 nitrogen and oxygen atoms in total. The smallest absolute Gasteiger partial charge is 0.0794 e. The Balaban J connectivity index is 1.49. The fourth-order valence-corrected chi connectivity index (χ4v) is 5.47. The second kappa shape index (κ2) is 3.79. The minimum atomic E-state index is 0.499. The topological polar surface area (TPSA) is 24.9 Å². The Hall–Kier alpha value is -0.410. The van der Waals surface area contributed by atoms with Gasteiger partial charge in [-0.25, -0.2) is 0 Å². The molecule has 17 heavy (non-hydrogen) atoms. The SMILES string of the molecule is c1ncc(CNC23CC4CC(CC(C4)C2)C3)s1. The van der Waals surface area contributed by atoms with Crippen molar-refractivity contribution in [2.45, 2.75) is 50.6 Å². The van der Waals surface area contributed by atoms with Crippen LogP contribution in [0.15, 0.2) is 11.7 Å². The van der Waals surface area contributed by atoms with Crippen LogP contribution in [-0.4, -0.2) is 10.5 Å². The lowest BCUT2D eigenvalue weighted by atomic mass is 9.53. The van der Waals surface area contributed by atoms with Gasteiger partial charge in [0.05, 0.1) is 5.51 Å². The van der Waals surface area contributed by atoms with Crippen molar-refractivity contribution in [2.75, 3.05) is 0 Å². The van der Waals surface area contributed by atoms with Crippen LogP contribution in [0.3, 0.4) is 0 Å². The van der Waals surface area contributed by atoms with Crippen LogP contribution in [0, 0.1) is 17.8 Å². The highest BCUT2D eigenvalue weighted by atomic mass is 32.1. The number of nitrogens with one attached hydrogen (secondary N) is 1. The van der Waals surface area contributed by atoms with Gasteiger partial charge in [-0.15, -0.1) is 11.3 Å². The molecular formula is C14H20N2S. The van der Waals surface area contributed by atoms with E-state index in [1.165, 1.54) is 43.4 Å². The lowest BCUT2D eigenvalue weighted by Gasteiger charge is -2.57. The number of hydrogen-bond donors (Lipinski definition) is 1. The van der Waals surface area contributed by atoms with Crippen LogP contribution in [0.2, 0.25) is 0 Å². The highest BCUT2D eigenvalue weighted by Gasteiger charge is 2.50. The molecule has 0 atom stereocenters. The fourth-order valence-electron chi connectivity index (χ4n) is 4.93. The van der Waals surface area contributed by atoms with Gasteiger partial charge < -0.3 is 5.32 Å². The summed E-state index contributed by atoms with van der Waals surface area (Å²) in [4.78, 5) is 5.56. The molecule has 1 aromatic rings. The summed E-state index contributed by atoms with van der Waals surface area (Å²) in [6, 6.07) is 0. The minimum Gasteiger partial charge on any atom is -0.306 e. The van der Waals surface area contributed by atoms with Crippen molar-refractivity contribution in [1.82, 2.24) is 10.3 Å². The number of aromatic nitrogens is 1. The van der Waals surface area contributed by atoms with Crippen molar-refractivity contribution >= 4 is 11.3 Å². The molecule has 0 saturated heterocycles. The minimum absolute atomic E-state index is 0.499. The van der Waals surface area contributed by atoms with Crippen molar-refractivity contribution in [1.29, 1.82) is 0 Å². The summed E-state index contributed by atoms with van der Waals surface area (Å²) in [6.07, 6.45) is 10.9. The molecule has 0 amide bonds. The molecule has 0 radical (unpaired) electrons. The van der Waals surface area contributed by atoms with Crippen LogP contribution >= 0.6 is 11.3 Å². The second-order valence-corrected chi connectivity index (χ2v) is 7.49. The largest absolute Gasteiger partial charge is 0.306 e. The zero-order chi connectivity index (χ0) is 11.3. The molecule has 1 aromatic heterocycles. The van der Waals surface area contributed by atoms with Crippen LogP contribution < -0.4 is 5.32 Å². The van der Waals surface area contributed by atoms with Gasteiger partial charge in [-0.1, -0.05) is 0 Å². The third kappa shape index (κ3) is 1.84. The van der Waals surface area contributed by atoms with Crippen LogP contribution in [0.4, 0.5) is 0 Å². The van der Waals surface area contributed by atoms with Crippen LogP contribution in [0.1, 0.15) is 43.4 Å². The van der Waals surface area contributed by atoms with Crippen molar-refractivity contribution in [3.05, 3.63) is 16.6 Å². The molecule has 4 saturated carbocycles. The van der Waals surface area contributed by atoms with E-state index in [0.717, 1.165) is 24.3 Å². The Morgan fingerprint density at radius 2 is 1.82 bits per heavy atom. The van der Waals surface area contributed by atoms with Crippen molar-refractivity contribution in [3.63, 3.8) is 0 Å². The van der Waals surface area contributed by atoms with Gasteiger partial charge in [0.2, 0.25) is 0 Å². The molecule has 4 bridgehead atoms. The van der Waals surface area contributed by atoms with E-state index in [0.29, 0.717) is 5.54 Å². The molecule has 4 aliphatic carbocycles. The maximum atomic E-state index is 4.17. The quantitative estimate of drug-likeness (QED) is 0.888. The number of rotatable bonds is 3. The van der Waals surface area contributed by atoms with E-state index in [4.69, 9.17) is 0 Å². The van der Waals surface area contributed by atoms with E-state index in [2.05, 4.69) is 10.3 Å². The molecule has 1 heterocycles. The summed E-state index contributed by atoms with van der Waals surface area (Å²) in [5.41, 5.74) is 2.44. The highest BCUT2D eigenvalue weighted by molar-refractivity contribution is 7.09. The Kier molecular flexibility index (Phi) is 2.34. The fraction of sp³-hybridized carbons (Fsp3) is 0.786. The van der Waals surface area contributed by atoms with Crippen LogP contribution in [-0.2, 0) is 6.54 Å². The summed E-state index contributed by atoms with van der Waals surface area (Å²) >= 11 is 1.78. The van der Waals surface area contributed by atoms with Crippen molar-refractivity contribution in [3.8, 4) is 0 Å². The average Bonchev–Trinajstić information content (AvgIpc) is 2.77. The Morgan fingerprint density at radius 1 is 1.18 bits per heavy atom. The van der Waals surface area contributed by atoms with E-state index in [1.54, 1.807) is 11.3 Å². The third-order valence-corrected chi connectivity index (χ3v) is 5.94. The maximum absolute atomic E-state index is 4.17. The first-order valence-electron chi connectivity index (χ1n) is 6.94. The number of thiazole rings is 1. The molecular weight excluding hydrogens is 228 g/mol. The number of hydrogen-bond acceptors (Lipinski definition) is 3. The maximum Gasteiger partial charge on any atom is 0.0794 e. The van der Waals surface area contributed by atoms with Gasteiger partial charge in [0.1, 0.15) is 0 Å². The van der Waals surface area contributed by atoms with E-state index >= 15 is 0 Å². The molecule has 0 aromatic carbocycles. The standard InChI is InChI=1S/C14H20N2S/c1-10-2-12-3-11(1)5-14(4-10,6-12)16-8-13-7-15-9-17-13/h7,9-12,16H,1-6,8H2. The van der Waals surface area contributed by atoms with E-state index in [9.17, 15) is 0 Å². The zero-order valence-corrected chi connectivity index (χ0v) is 11.0. The molecule has 0 spiro atoms. The monoisotopic (exact) mass is 248 g/mol. The van der Waals surface area contributed by atoms with Gasteiger partial charge in [0, 0.05) is 23.2 Å². The summed E-state index contributed by atoms with van der Waals surface area (Å²) in [7, 11) is 0. The molecule has 1 N–H and O–H groups in total. The molecule has 92 valence electrons. The molecule has 5 rings (SSSR count). The predicted molar refractivity (Wildman–Crippen MR) is 69.9 cm³/mol. The lowest BCUT2D eigenvalue weighted by molar-refractivity contribution is -0.0204. The summed E-state index contributed by atoms with van der Waals surface area (Å²) in [5, 5.41) is 3.90. The molecule has 0 unspecified atom stereocenters. The molecule has 0 aliphatic heterocycles. The van der Waals surface area contributed by atoms with Crippen LogP contribution in [0.25, 0.3) is 0 Å². The van der Waals surface area contributed by atoms with E-state index in [1.807, 2.05) is 11.7 Å². The van der Waals surface area contributed by atoms with Gasteiger partial charge in [-0.05, 0) is 56.3 Å². The Labute approximate surface area is 107 Å². The first-order valence-corrected chi connectivity index (χ1v) is 7.82. The van der Waals surface area contributed by atoms with Crippen LogP contribution in [0.5, 0.6) is 0 Å². The molecule has 4 aliphatic rings. The van der Waals surface area contributed by atoms with E-state index in [-0.39, 0.29) is 0 Å². The van der Waals surface area contributed by atoms with Gasteiger partial charge in [-0.3, -0.25) is 4.98 Å².